The molecule has 0 spiro atoms. The van der Waals surface area contributed by atoms with Crippen LogP contribution < -0.4 is 4.90 Å². The lowest BCUT2D eigenvalue weighted by atomic mass is 9.93. The molecule has 1 saturated heterocycles. The monoisotopic (exact) mass is 253 g/mol. The van der Waals surface area contributed by atoms with Crippen molar-refractivity contribution in [1.82, 2.24) is 0 Å². The third-order valence-electron chi connectivity index (χ3n) is 3.25. The summed E-state index contributed by atoms with van der Waals surface area (Å²) >= 11 is 5.96. The fourth-order valence-corrected chi connectivity index (χ4v) is 2.50. The van der Waals surface area contributed by atoms with Gasteiger partial charge in [0.25, 0.3) is 0 Å². The predicted octanol–water partition coefficient (Wildman–Crippen LogP) is 3.03. The van der Waals surface area contributed by atoms with E-state index in [2.05, 4.69) is 4.90 Å². The maximum Gasteiger partial charge on any atom is 0.303 e. The lowest BCUT2D eigenvalue weighted by Crippen LogP contribution is -2.34. The SMILES string of the molecule is O=C(O)CC1CCN(c2cccc(Cl)c2)CC1. The Morgan fingerprint density at radius 2 is 2.12 bits per heavy atom. The summed E-state index contributed by atoms with van der Waals surface area (Å²) in [6.45, 7) is 1.83. The Morgan fingerprint density at radius 3 is 2.71 bits per heavy atom. The van der Waals surface area contributed by atoms with Crippen molar-refractivity contribution in [2.75, 3.05) is 18.0 Å². The topological polar surface area (TPSA) is 40.5 Å². The molecule has 92 valence electrons. The van der Waals surface area contributed by atoms with E-state index < -0.39 is 5.97 Å². The van der Waals surface area contributed by atoms with Gasteiger partial charge in [-0.3, -0.25) is 4.79 Å². The number of carboxylic acids is 1. The van der Waals surface area contributed by atoms with Crippen molar-refractivity contribution in [3.8, 4) is 0 Å². The third-order valence-corrected chi connectivity index (χ3v) is 3.49. The number of anilines is 1. The molecule has 0 radical (unpaired) electrons. The molecule has 0 atom stereocenters. The van der Waals surface area contributed by atoms with Crippen LogP contribution in [0, 0.1) is 5.92 Å². The summed E-state index contributed by atoms with van der Waals surface area (Å²) in [6.07, 6.45) is 2.18. The van der Waals surface area contributed by atoms with Gasteiger partial charge >= 0.3 is 5.97 Å². The van der Waals surface area contributed by atoms with Crippen LogP contribution in [0.3, 0.4) is 0 Å². The number of carbonyl (C=O) groups is 1. The zero-order chi connectivity index (χ0) is 12.3. The van der Waals surface area contributed by atoms with Crippen molar-refractivity contribution >= 4 is 23.3 Å². The van der Waals surface area contributed by atoms with Gasteiger partial charge in [0.05, 0.1) is 0 Å². The van der Waals surface area contributed by atoms with E-state index in [1.807, 2.05) is 24.3 Å². The molecule has 0 bridgehead atoms. The van der Waals surface area contributed by atoms with Gasteiger partial charge in [-0.1, -0.05) is 17.7 Å². The molecular formula is C13H16ClNO2. The maximum atomic E-state index is 10.6. The summed E-state index contributed by atoms with van der Waals surface area (Å²) in [4.78, 5) is 12.9. The molecule has 0 saturated carbocycles. The van der Waals surface area contributed by atoms with Crippen molar-refractivity contribution in [2.24, 2.45) is 5.92 Å². The summed E-state index contributed by atoms with van der Waals surface area (Å²) in [7, 11) is 0. The highest BCUT2D eigenvalue weighted by Gasteiger charge is 2.21. The van der Waals surface area contributed by atoms with E-state index in [4.69, 9.17) is 16.7 Å². The van der Waals surface area contributed by atoms with Gasteiger partial charge in [0.2, 0.25) is 0 Å². The number of halogens is 1. The molecule has 17 heavy (non-hydrogen) atoms. The van der Waals surface area contributed by atoms with Crippen LogP contribution in [0.25, 0.3) is 0 Å². The molecule has 0 unspecified atom stereocenters. The highest BCUT2D eigenvalue weighted by atomic mass is 35.5. The summed E-state index contributed by atoms with van der Waals surface area (Å²) in [5, 5.41) is 9.50. The van der Waals surface area contributed by atoms with Crippen molar-refractivity contribution in [3.63, 3.8) is 0 Å². The lowest BCUT2D eigenvalue weighted by Gasteiger charge is -2.33. The van der Waals surface area contributed by atoms with Gasteiger partial charge in [-0.05, 0) is 37.0 Å². The highest BCUT2D eigenvalue weighted by molar-refractivity contribution is 6.30. The van der Waals surface area contributed by atoms with Gasteiger partial charge in [0, 0.05) is 30.2 Å². The standard InChI is InChI=1S/C13H16ClNO2/c14-11-2-1-3-12(9-11)15-6-4-10(5-7-15)8-13(16)17/h1-3,9-10H,4-8H2,(H,16,17). The smallest absolute Gasteiger partial charge is 0.303 e. The molecule has 1 N–H and O–H groups in total. The molecule has 4 heteroatoms. The van der Waals surface area contributed by atoms with Gasteiger partial charge in [-0.2, -0.15) is 0 Å². The maximum absolute atomic E-state index is 10.6. The second-order valence-electron chi connectivity index (χ2n) is 4.51. The molecule has 0 aromatic heterocycles. The average Bonchev–Trinajstić information content (AvgIpc) is 2.29. The molecule has 1 fully saturated rings. The van der Waals surface area contributed by atoms with E-state index in [0.29, 0.717) is 12.3 Å². The molecule has 2 rings (SSSR count). The van der Waals surface area contributed by atoms with Crippen LogP contribution in [0.5, 0.6) is 0 Å². The molecule has 1 aliphatic rings. The van der Waals surface area contributed by atoms with E-state index in [1.54, 1.807) is 0 Å². The Morgan fingerprint density at radius 1 is 1.41 bits per heavy atom. The van der Waals surface area contributed by atoms with Gasteiger partial charge in [0.15, 0.2) is 0 Å². The Labute approximate surface area is 106 Å². The number of carboxylic acid groups (broad SMARTS) is 1. The van der Waals surface area contributed by atoms with Crippen LogP contribution in [0.2, 0.25) is 5.02 Å². The summed E-state index contributed by atoms with van der Waals surface area (Å²) in [5.74, 6) is -0.367. The van der Waals surface area contributed by atoms with Crippen LogP contribution in [-0.2, 0) is 4.79 Å². The second kappa shape index (κ2) is 5.41. The number of aliphatic carboxylic acids is 1. The first-order valence-electron chi connectivity index (χ1n) is 5.87. The van der Waals surface area contributed by atoms with E-state index in [9.17, 15) is 4.79 Å². The Kier molecular flexibility index (Phi) is 3.89. The fourth-order valence-electron chi connectivity index (χ4n) is 2.32. The van der Waals surface area contributed by atoms with Crippen LogP contribution in [0.4, 0.5) is 5.69 Å². The van der Waals surface area contributed by atoms with E-state index >= 15 is 0 Å². The average molecular weight is 254 g/mol. The quantitative estimate of drug-likeness (QED) is 0.900. The largest absolute Gasteiger partial charge is 0.481 e. The molecule has 0 amide bonds. The number of benzene rings is 1. The minimum atomic E-state index is -0.689. The third kappa shape index (κ3) is 3.37. The normalized spacial score (nSPS) is 17.1. The van der Waals surface area contributed by atoms with Crippen molar-refractivity contribution in [1.29, 1.82) is 0 Å². The van der Waals surface area contributed by atoms with Crippen LogP contribution in [-0.4, -0.2) is 24.2 Å². The van der Waals surface area contributed by atoms with E-state index in [1.165, 1.54) is 0 Å². The zero-order valence-electron chi connectivity index (χ0n) is 9.60. The Balaban J connectivity index is 1.93. The number of rotatable bonds is 3. The Hall–Kier alpha value is -1.22. The fraction of sp³-hybridized carbons (Fsp3) is 0.462. The van der Waals surface area contributed by atoms with E-state index in [0.717, 1.165) is 36.6 Å². The van der Waals surface area contributed by atoms with Crippen LogP contribution in [0.15, 0.2) is 24.3 Å². The molecule has 1 aromatic rings. The molecule has 0 aliphatic carbocycles. The first kappa shape index (κ1) is 12.2. The van der Waals surface area contributed by atoms with E-state index in [-0.39, 0.29) is 0 Å². The van der Waals surface area contributed by atoms with Gasteiger partial charge < -0.3 is 10.0 Å². The number of hydrogen-bond donors (Lipinski definition) is 1. The number of piperidine rings is 1. The van der Waals surface area contributed by atoms with Crippen LogP contribution in [0.1, 0.15) is 19.3 Å². The first-order chi connectivity index (χ1) is 8.15. The minimum absolute atomic E-state index is 0.295. The second-order valence-corrected chi connectivity index (χ2v) is 4.94. The molecule has 1 aromatic carbocycles. The number of hydrogen-bond acceptors (Lipinski definition) is 2. The summed E-state index contributed by atoms with van der Waals surface area (Å²) in [5.41, 5.74) is 1.13. The van der Waals surface area contributed by atoms with Crippen LogP contribution >= 0.6 is 11.6 Å². The minimum Gasteiger partial charge on any atom is -0.481 e. The molecule has 1 heterocycles. The molecule has 3 nitrogen and oxygen atoms in total. The number of nitrogens with zero attached hydrogens (tertiary/aromatic N) is 1. The summed E-state index contributed by atoms with van der Waals surface area (Å²) < 4.78 is 0. The highest BCUT2D eigenvalue weighted by Crippen LogP contribution is 2.26. The summed E-state index contributed by atoms with van der Waals surface area (Å²) in [6, 6.07) is 7.81. The lowest BCUT2D eigenvalue weighted by molar-refractivity contribution is -0.138. The Bertz CT molecular complexity index is 400. The predicted molar refractivity (Wildman–Crippen MR) is 68.6 cm³/mol. The zero-order valence-corrected chi connectivity index (χ0v) is 10.4. The molecule has 1 aliphatic heterocycles. The van der Waals surface area contributed by atoms with Crippen molar-refractivity contribution in [2.45, 2.75) is 19.3 Å². The van der Waals surface area contributed by atoms with Crippen molar-refractivity contribution in [3.05, 3.63) is 29.3 Å². The first-order valence-corrected chi connectivity index (χ1v) is 6.25. The van der Waals surface area contributed by atoms with Gasteiger partial charge in [-0.15, -0.1) is 0 Å². The van der Waals surface area contributed by atoms with Gasteiger partial charge in [0.1, 0.15) is 0 Å². The van der Waals surface area contributed by atoms with Crippen molar-refractivity contribution < 1.29 is 9.90 Å². The molecular weight excluding hydrogens is 238 g/mol. The van der Waals surface area contributed by atoms with Gasteiger partial charge in [-0.25, -0.2) is 0 Å².